The molecule has 0 aliphatic heterocycles. The predicted octanol–water partition coefficient (Wildman–Crippen LogP) is 3.67. The molecule has 1 N–H and O–H groups in total. The molecule has 10 heteroatoms. The summed E-state index contributed by atoms with van der Waals surface area (Å²) in [7, 11) is -4.28. The Morgan fingerprint density at radius 1 is 1.32 bits per heavy atom. The van der Waals surface area contributed by atoms with Gasteiger partial charge in [0.25, 0.3) is 0 Å². The highest BCUT2D eigenvalue weighted by Crippen LogP contribution is 2.25. The van der Waals surface area contributed by atoms with Gasteiger partial charge < -0.3 is 5.11 Å². The van der Waals surface area contributed by atoms with Gasteiger partial charge in [-0.3, -0.25) is 4.28 Å². The topological polar surface area (TPSA) is 76.0 Å². The van der Waals surface area contributed by atoms with E-state index in [1.807, 2.05) is 6.92 Å². The molecule has 1 atom stereocenters. The van der Waals surface area contributed by atoms with E-state index in [0.29, 0.717) is 11.3 Å². The molecule has 0 amide bonds. The fraction of sp³-hybridized carbons (Fsp3) is 0.533. The third kappa shape index (κ3) is 6.87. The average molecular weight is 399 g/mol. The molecule has 0 saturated heterocycles. The molecule has 25 heavy (non-hydrogen) atoms. The first-order chi connectivity index (χ1) is 11.6. The van der Waals surface area contributed by atoms with E-state index in [0.717, 1.165) is 36.7 Å². The van der Waals surface area contributed by atoms with E-state index in [9.17, 15) is 21.6 Å². The molecule has 142 valence electrons. The van der Waals surface area contributed by atoms with Crippen LogP contribution >= 0.6 is 11.8 Å². The third-order valence-corrected chi connectivity index (χ3v) is 6.37. The predicted molar refractivity (Wildman–Crippen MR) is 91.8 cm³/mol. The lowest BCUT2D eigenvalue weighted by molar-refractivity contribution is -0.0597. The van der Waals surface area contributed by atoms with Gasteiger partial charge in [0.15, 0.2) is 5.71 Å². The van der Waals surface area contributed by atoms with E-state index in [2.05, 4.69) is 9.44 Å². The molecule has 0 heterocycles. The maximum atomic E-state index is 13.2. The Kier molecular flexibility index (Phi) is 8.23. The normalized spacial score (nSPS) is 14.4. The first-order valence-electron chi connectivity index (χ1n) is 7.51. The molecule has 0 aliphatic carbocycles. The van der Waals surface area contributed by atoms with Crippen molar-refractivity contribution in [2.24, 2.45) is 5.16 Å². The Balaban J connectivity index is 2.99. The van der Waals surface area contributed by atoms with Crippen LogP contribution in [0.2, 0.25) is 0 Å². The summed E-state index contributed by atoms with van der Waals surface area (Å²) in [4.78, 5) is 0. The maximum absolute atomic E-state index is 13.2. The lowest BCUT2D eigenvalue weighted by Gasteiger charge is -2.13. The van der Waals surface area contributed by atoms with Crippen LogP contribution in [0, 0.1) is 0 Å². The fourth-order valence-corrected chi connectivity index (χ4v) is 3.81. The summed E-state index contributed by atoms with van der Waals surface area (Å²) in [5, 5.41) is 11.8. The molecule has 0 radical (unpaired) electrons. The Morgan fingerprint density at radius 2 is 1.92 bits per heavy atom. The molecular formula is C15H20F3NO4S2. The van der Waals surface area contributed by atoms with Crippen molar-refractivity contribution in [2.75, 3.05) is 5.75 Å². The van der Waals surface area contributed by atoms with E-state index in [-0.39, 0.29) is 12.2 Å². The lowest BCUT2D eigenvalue weighted by atomic mass is 10.1. The van der Waals surface area contributed by atoms with Gasteiger partial charge in [-0.1, -0.05) is 42.8 Å². The van der Waals surface area contributed by atoms with Crippen LogP contribution < -0.4 is 0 Å². The summed E-state index contributed by atoms with van der Waals surface area (Å²) in [6, 6.07) is 4.75. The van der Waals surface area contributed by atoms with Crippen molar-refractivity contribution in [2.45, 2.75) is 44.1 Å². The number of nitrogens with zero attached hydrogens (tertiary/aromatic N) is 1. The van der Waals surface area contributed by atoms with Crippen LogP contribution in [0.15, 0.2) is 29.4 Å². The van der Waals surface area contributed by atoms with Gasteiger partial charge in [0.05, 0.1) is 6.61 Å². The molecule has 0 saturated carbocycles. The molecule has 0 aliphatic rings. The number of rotatable bonds is 9. The quantitative estimate of drug-likeness (QED) is 0.390. The molecular weight excluding hydrogens is 379 g/mol. The highest BCUT2D eigenvalue weighted by atomic mass is 32.3. The second-order valence-electron chi connectivity index (χ2n) is 5.15. The van der Waals surface area contributed by atoms with Crippen LogP contribution in [0.4, 0.5) is 13.2 Å². The van der Waals surface area contributed by atoms with Gasteiger partial charge in [-0.25, -0.2) is 0 Å². The molecule has 0 spiro atoms. The first kappa shape index (κ1) is 21.8. The Bertz CT molecular complexity index is 673. The Morgan fingerprint density at radius 3 is 2.40 bits per heavy atom. The zero-order valence-corrected chi connectivity index (χ0v) is 15.4. The van der Waals surface area contributed by atoms with Gasteiger partial charge in [-0.05, 0) is 24.7 Å². The Hall–Kier alpha value is -1.26. The molecule has 0 fully saturated rings. The van der Waals surface area contributed by atoms with Crippen molar-refractivity contribution < 1.29 is 31.0 Å². The minimum absolute atomic E-state index is 0.323. The molecule has 5 nitrogen and oxygen atoms in total. The number of unbranched alkanes of at least 4 members (excludes halogenated alkanes) is 1. The second kappa shape index (κ2) is 9.44. The minimum Gasteiger partial charge on any atom is -0.392 e. The SMILES string of the molecule is CCCCSC(C)S(=O)(=O)ON=C(c1ccc(CO)cc1)C(F)(F)F. The van der Waals surface area contributed by atoms with Crippen LogP contribution in [0.1, 0.15) is 37.8 Å². The molecule has 0 bridgehead atoms. The van der Waals surface area contributed by atoms with Crippen molar-refractivity contribution in [3.8, 4) is 0 Å². The average Bonchev–Trinajstić information content (AvgIpc) is 2.54. The lowest BCUT2D eigenvalue weighted by Crippen LogP contribution is -2.26. The zero-order chi connectivity index (χ0) is 19.1. The van der Waals surface area contributed by atoms with Crippen molar-refractivity contribution in [1.29, 1.82) is 0 Å². The summed E-state index contributed by atoms with van der Waals surface area (Å²) in [6.45, 7) is 2.96. The molecule has 1 unspecified atom stereocenters. The number of oxime groups is 1. The monoisotopic (exact) mass is 399 g/mol. The number of benzene rings is 1. The van der Waals surface area contributed by atoms with Crippen LogP contribution in [-0.4, -0.2) is 35.7 Å². The summed E-state index contributed by atoms with van der Waals surface area (Å²) < 4.78 is 66.6. The van der Waals surface area contributed by atoms with Crippen molar-refractivity contribution in [3.63, 3.8) is 0 Å². The number of alkyl halides is 3. The summed E-state index contributed by atoms with van der Waals surface area (Å²) >= 11 is 1.08. The van der Waals surface area contributed by atoms with Crippen LogP contribution in [0.5, 0.6) is 0 Å². The van der Waals surface area contributed by atoms with Gasteiger partial charge in [0.2, 0.25) is 0 Å². The summed E-state index contributed by atoms with van der Waals surface area (Å²) in [5.41, 5.74) is -1.39. The summed E-state index contributed by atoms with van der Waals surface area (Å²) in [6.07, 6.45) is -3.23. The fourth-order valence-electron chi connectivity index (χ4n) is 1.66. The van der Waals surface area contributed by atoms with Gasteiger partial charge in [-0.15, -0.1) is 11.8 Å². The molecule has 1 aromatic carbocycles. The summed E-state index contributed by atoms with van der Waals surface area (Å²) in [5.74, 6) is 0.554. The van der Waals surface area contributed by atoms with Gasteiger partial charge in [0, 0.05) is 5.56 Å². The van der Waals surface area contributed by atoms with E-state index in [1.54, 1.807) is 0 Å². The smallest absolute Gasteiger partial charge is 0.392 e. The number of hydrogen-bond donors (Lipinski definition) is 1. The number of aliphatic hydroxyl groups is 1. The van der Waals surface area contributed by atoms with Gasteiger partial charge in [0.1, 0.15) is 4.58 Å². The molecule has 1 rings (SSSR count). The molecule has 0 aromatic heterocycles. The number of halogens is 3. The minimum atomic E-state index is -4.89. The number of hydrogen-bond acceptors (Lipinski definition) is 6. The zero-order valence-electron chi connectivity index (χ0n) is 13.8. The van der Waals surface area contributed by atoms with Gasteiger partial charge in [-0.2, -0.15) is 21.6 Å². The van der Waals surface area contributed by atoms with Crippen LogP contribution in [0.25, 0.3) is 0 Å². The van der Waals surface area contributed by atoms with E-state index in [1.165, 1.54) is 19.1 Å². The highest BCUT2D eigenvalue weighted by Gasteiger charge is 2.38. The van der Waals surface area contributed by atoms with E-state index >= 15 is 0 Å². The first-order valence-corrected chi connectivity index (χ1v) is 10.0. The standard InChI is InChI=1S/C15H20F3NO4S2/c1-3-4-9-24-11(2)25(21,22)23-19-14(15(16,17)18)13-7-5-12(10-20)6-8-13/h5-8,11,20H,3-4,9-10H2,1-2H3. The van der Waals surface area contributed by atoms with Crippen molar-refractivity contribution in [3.05, 3.63) is 35.4 Å². The highest BCUT2D eigenvalue weighted by molar-refractivity contribution is 8.11. The number of aliphatic hydroxyl groups excluding tert-OH is 1. The molecule has 1 aromatic rings. The van der Waals surface area contributed by atoms with E-state index in [4.69, 9.17) is 5.11 Å². The van der Waals surface area contributed by atoms with Crippen molar-refractivity contribution >= 4 is 27.6 Å². The van der Waals surface area contributed by atoms with Crippen LogP contribution in [0.3, 0.4) is 0 Å². The van der Waals surface area contributed by atoms with Crippen LogP contribution in [-0.2, 0) is 21.0 Å². The maximum Gasteiger partial charge on any atom is 0.437 e. The Labute approximate surface area is 149 Å². The van der Waals surface area contributed by atoms with Gasteiger partial charge >= 0.3 is 16.3 Å². The second-order valence-corrected chi connectivity index (χ2v) is 8.74. The number of thioether (sulfide) groups is 1. The third-order valence-electron chi connectivity index (χ3n) is 3.17. The van der Waals surface area contributed by atoms with Crippen molar-refractivity contribution in [1.82, 2.24) is 0 Å². The largest absolute Gasteiger partial charge is 0.437 e. The van der Waals surface area contributed by atoms with E-state index < -0.39 is 26.6 Å².